The molecule has 1 atom stereocenters. The summed E-state index contributed by atoms with van der Waals surface area (Å²) in [5, 5.41) is 6.16. The molecule has 0 unspecified atom stereocenters. The third-order valence-corrected chi connectivity index (χ3v) is 7.58. The van der Waals surface area contributed by atoms with E-state index in [9.17, 15) is 22.8 Å². The summed E-state index contributed by atoms with van der Waals surface area (Å²) < 4.78 is 45.8. The van der Waals surface area contributed by atoms with Crippen molar-refractivity contribution in [3.8, 4) is 5.75 Å². The van der Waals surface area contributed by atoms with Crippen molar-refractivity contribution in [3.05, 3.63) is 58.6 Å². The zero-order valence-electron chi connectivity index (χ0n) is 19.5. The second kappa shape index (κ2) is 9.33. The highest BCUT2D eigenvalue weighted by atomic mass is 35.5. The second-order valence-corrected chi connectivity index (χ2v) is 10.1. The molecule has 2 aromatic rings. The van der Waals surface area contributed by atoms with Gasteiger partial charge in [0.15, 0.2) is 6.61 Å². The first-order valence-electron chi connectivity index (χ1n) is 11.5. The first-order chi connectivity index (χ1) is 16.4. The number of rotatable bonds is 7. The van der Waals surface area contributed by atoms with Crippen LogP contribution in [0.2, 0.25) is 5.02 Å². The number of nitrogens with zero attached hydrogens (tertiary/aromatic N) is 1. The molecule has 1 heterocycles. The number of carbonyl (C=O) groups is 2. The predicted molar refractivity (Wildman–Crippen MR) is 124 cm³/mol. The Labute approximate surface area is 206 Å². The van der Waals surface area contributed by atoms with Gasteiger partial charge >= 0.3 is 0 Å². The van der Waals surface area contributed by atoms with Crippen LogP contribution >= 0.6 is 11.6 Å². The summed E-state index contributed by atoms with van der Waals surface area (Å²) in [6.07, 6.45) is 4.36. The number of aromatic nitrogens is 1. The van der Waals surface area contributed by atoms with Crippen LogP contribution in [-0.4, -0.2) is 34.5 Å². The number of nitrogens with one attached hydrogen (secondary N) is 2. The van der Waals surface area contributed by atoms with Crippen molar-refractivity contribution >= 4 is 23.4 Å². The topological polar surface area (TPSA) is 80.3 Å². The second-order valence-electron chi connectivity index (χ2n) is 9.73. The zero-order valence-corrected chi connectivity index (χ0v) is 20.2. The molecule has 6 nitrogen and oxygen atoms in total. The molecular weight excluding hydrogens is 483 g/mol. The Bertz CT molecular complexity index is 1110. The predicted octanol–water partition coefficient (Wildman–Crippen LogP) is 5.00. The first-order valence-corrected chi connectivity index (χ1v) is 11.8. The average Bonchev–Trinajstić information content (AvgIpc) is 2.80. The van der Waals surface area contributed by atoms with Gasteiger partial charge in [-0.1, -0.05) is 18.5 Å². The van der Waals surface area contributed by atoms with E-state index in [0.29, 0.717) is 32.1 Å². The molecule has 1 aromatic carbocycles. The van der Waals surface area contributed by atoms with Crippen LogP contribution in [0.4, 0.5) is 13.2 Å². The Balaban J connectivity index is 1.34. The molecule has 0 aliphatic heterocycles. The number of ether oxygens (including phenoxy) is 1. The minimum atomic E-state index is -3.02. The van der Waals surface area contributed by atoms with Gasteiger partial charge in [0.25, 0.3) is 17.7 Å². The summed E-state index contributed by atoms with van der Waals surface area (Å²) in [4.78, 5) is 29.3. The molecule has 0 radical (unpaired) electrons. The van der Waals surface area contributed by atoms with Gasteiger partial charge in [0.05, 0.1) is 5.02 Å². The van der Waals surface area contributed by atoms with Gasteiger partial charge in [-0.15, -0.1) is 0 Å². The van der Waals surface area contributed by atoms with Crippen molar-refractivity contribution in [2.75, 3.05) is 6.61 Å². The number of carbonyl (C=O) groups excluding carboxylic acids is 2. The van der Waals surface area contributed by atoms with Crippen LogP contribution in [0.5, 0.6) is 5.75 Å². The highest BCUT2D eigenvalue weighted by molar-refractivity contribution is 6.30. The molecule has 2 amide bonds. The lowest BCUT2D eigenvalue weighted by Gasteiger charge is -2.57. The first kappa shape index (κ1) is 25.3. The number of hydrogen-bond donors (Lipinski definition) is 2. The van der Waals surface area contributed by atoms with Crippen LogP contribution < -0.4 is 15.4 Å². The van der Waals surface area contributed by atoms with Crippen molar-refractivity contribution < 1.29 is 27.5 Å². The van der Waals surface area contributed by atoms with E-state index in [1.807, 2.05) is 6.92 Å². The van der Waals surface area contributed by atoms with Gasteiger partial charge in [-0.2, -0.15) is 0 Å². The number of benzene rings is 1. The van der Waals surface area contributed by atoms with Gasteiger partial charge in [-0.05, 0) is 62.3 Å². The molecule has 188 valence electrons. The Morgan fingerprint density at radius 1 is 1.17 bits per heavy atom. The maximum Gasteiger partial charge on any atom is 0.272 e. The quantitative estimate of drug-likeness (QED) is 0.550. The van der Waals surface area contributed by atoms with Gasteiger partial charge in [0.2, 0.25) is 0 Å². The fourth-order valence-electron chi connectivity index (χ4n) is 5.20. The molecule has 35 heavy (non-hydrogen) atoms. The van der Waals surface area contributed by atoms with Crippen LogP contribution in [0.25, 0.3) is 0 Å². The van der Waals surface area contributed by atoms with E-state index in [4.69, 9.17) is 16.3 Å². The SMILES string of the molecule is C[C@H]1CC2(NC(=O)c3ccc(C(C)(F)F)cn3)CCC1(NC(=O)COc1ccc(Cl)c(F)c1)CC2. The zero-order chi connectivity index (χ0) is 25.4. The molecule has 3 fully saturated rings. The Morgan fingerprint density at radius 2 is 1.89 bits per heavy atom. The minimum Gasteiger partial charge on any atom is -0.484 e. The van der Waals surface area contributed by atoms with Crippen LogP contribution in [0.15, 0.2) is 36.5 Å². The minimum absolute atomic E-state index is 0.0233. The van der Waals surface area contributed by atoms with Crippen LogP contribution in [0.3, 0.4) is 0 Å². The summed E-state index contributed by atoms with van der Waals surface area (Å²) in [5.41, 5.74) is -1.01. The number of fused-ring (bicyclic) bond motifs is 3. The maximum absolute atomic E-state index is 13.6. The van der Waals surface area contributed by atoms with Crippen molar-refractivity contribution in [3.63, 3.8) is 0 Å². The van der Waals surface area contributed by atoms with E-state index >= 15 is 0 Å². The monoisotopic (exact) mass is 509 g/mol. The van der Waals surface area contributed by atoms with Crippen LogP contribution in [0, 0.1) is 11.7 Å². The smallest absolute Gasteiger partial charge is 0.272 e. The van der Waals surface area contributed by atoms with Crippen molar-refractivity contribution in [1.29, 1.82) is 0 Å². The summed E-state index contributed by atoms with van der Waals surface area (Å²) in [6, 6.07) is 6.51. The van der Waals surface area contributed by atoms with Gasteiger partial charge in [-0.3, -0.25) is 14.6 Å². The summed E-state index contributed by atoms with van der Waals surface area (Å²) in [7, 11) is 0. The lowest BCUT2D eigenvalue weighted by Crippen LogP contribution is -2.67. The lowest BCUT2D eigenvalue weighted by molar-refractivity contribution is -0.128. The average molecular weight is 510 g/mol. The van der Waals surface area contributed by atoms with E-state index in [2.05, 4.69) is 15.6 Å². The van der Waals surface area contributed by atoms with Gasteiger partial charge < -0.3 is 15.4 Å². The molecule has 5 rings (SSSR count). The Hall–Kier alpha value is -2.81. The fourth-order valence-corrected chi connectivity index (χ4v) is 5.32. The van der Waals surface area contributed by atoms with E-state index < -0.39 is 28.7 Å². The van der Waals surface area contributed by atoms with Crippen molar-refractivity contribution in [1.82, 2.24) is 15.6 Å². The van der Waals surface area contributed by atoms with E-state index in [1.165, 1.54) is 24.3 Å². The normalized spacial score (nSPS) is 25.7. The van der Waals surface area contributed by atoms with Crippen LogP contribution in [-0.2, 0) is 10.7 Å². The van der Waals surface area contributed by atoms with E-state index in [-0.39, 0.29) is 40.5 Å². The molecule has 2 bridgehead atoms. The molecule has 2 N–H and O–H groups in total. The number of pyridine rings is 1. The van der Waals surface area contributed by atoms with Gasteiger partial charge in [0, 0.05) is 35.8 Å². The van der Waals surface area contributed by atoms with Crippen molar-refractivity contribution in [2.45, 2.75) is 63.0 Å². The highest BCUT2D eigenvalue weighted by Gasteiger charge is 2.54. The fraction of sp³-hybridized carbons (Fsp3) is 0.480. The van der Waals surface area contributed by atoms with Gasteiger partial charge in [-0.25, -0.2) is 13.2 Å². The highest BCUT2D eigenvalue weighted by Crippen LogP contribution is 2.50. The molecule has 1 aromatic heterocycles. The molecule has 3 aliphatic rings. The van der Waals surface area contributed by atoms with E-state index in [1.54, 1.807) is 0 Å². The summed E-state index contributed by atoms with van der Waals surface area (Å²) in [5.74, 6) is -4.05. The number of halogens is 4. The standard InChI is InChI=1S/C25H27ClF3N3O3/c1-15-12-24(32-22(34)20-6-3-16(13-30-20)23(2,28)29)7-9-25(15,10-8-24)31-21(33)14-35-17-4-5-18(26)19(27)11-17/h3-6,11,13,15H,7-10,12,14H2,1-2H3,(H,31,33)(H,32,34)/t15-,24?,25?/m0/s1. The molecular formula is C25H27ClF3N3O3. The van der Waals surface area contributed by atoms with E-state index in [0.717, 1.165) is 19.2 Å². The largest absolute Gasteiger partial charge is 0.484 e. The lowest BCUT2D eigenvalue weighted by atomic mass is 9.56. The van der Waals surface area contributed by atoms with Crippen LogP contribution in [0.1, 0.15) is 62.0 Å². The van der Waals surface area contributed by atoms with Gasteiger partial charge in [0.1, 0.15) is 17.3 Å². The third-order valence-electron chi connectivity index (χ3n) is 7.27. The maximum atomic E-state index is 13.6. The molecule has 3 aliphatic carbocycles. The molecule has 3 saturated carbocycles. The molecule has 0 saturated heterocycles. The molecule has 0 spiro atoms. The Kier molecular flexibility index (Phi) is 6.74. The number of hydrogen-bond acceptors (Lipinski definition) is 4. The van der Waals surface area contributed by atoms with Crippen molar-refractivity contribution in [2.24, 2.45) is 5.92 Å². The number of amides is 2. The summed E-state index contributed by atoms with van der Waals surface area (Å²) >= 11 is 5.66. The number of alkyl halides is 2. The third kappa shape index (κ3) is 5.39. The summed E-state index contributed by atoms with van der Waals surface area (Å²) in [6.45, 7) is 2.56. The molecule has 10 heteroatoms. The Morgan fingerprint density at radius 3 is 2.46 bits per heavy atom.